The largest absolute Gasteiger partial charge is 0.328 e. The van der Waals surface area contributed by atoms with Crippen LogP contribution in [0, 0.1) is 5.82 Å². The monoisotopic (exact) mass is 473 g/mol. The number of carbonyl (C=O) groups is 1. The zero-order chi connectivity index (χ0) is 23.5. The standard InChI is InChI=1S/C24H20FN7OS/c1-15-20(22(33)29-17-8-6-11-26-13-17)21(19-10-4-5-12-27-19)32-23(28-15)30-24(31-32)34-14-16-7-2-3-9-18(16)25/h2-13,21H,14H2,1H3,(H,29,33)(H,28,30,31)/t21-/m0/s1. The molecule has 1 aromatic carbocycles. The maximum Gasteiger partial charge on any atom is 0.255 e. The van der Waals surface area contributed by atoms with Gasteiger partial charge in [0.25, 0.3) is 5.91 Å². The first-order valence-corrected chi connectivity index (χ1v) is 11.5. The molecule has 0 aliphatic carbocycles. The van der Waals surface area contributed by atoms with E-state index < -0.39 is 6.04 Å². The van der Waals surface area contributed by atoms with Gasteiger partial charge in [0.05, 0.1) is 23.2 Å². The highest BCUT2D eigenvalue weighted by molar-refractivity contribution is 7.98. The topological polar surface area (TPSA) is 97.6 Å². The number of anilines is 2. The highest BCUT2D eigenvalue weighted by Gasteiger charge is 2.35. The molecule has 4 aromatic rings. The number of carbonyl (C=O) groups excluding carboxylic acids is 1. The summed E-state index contributed by atoms with van der Waals surface area (Å²) in [6.45, 7) is 1.82. The fourth-order valence-corrected chi connectivity index (χ4v) is 4.51. The number of allylic oxidation sites excluding steroid dienone is 1. The van der Waals surface area contributed by atoms with Gasteiger partial charge in [-0.05, 0) is 42.8 Å². The Morgan fingerprint density at radius 3 is 2.76 bits per heavy atom. The minimum Gasteiger partial charge on any atom is -0.328 e. The molecule has 1 aliphatic rings. The van der Waals surface area contributed by atoms with Crippen molar-refractivity contribution in [2.45, 2.75) is 23.9 Å². The SMILES string of the molecule is CC1=C(C(=O)Nc2cccnc2)[C@H](c2ccccn2)n2nc(SCc3ccccc3F)nc2N1. The van der Waals surface area contributed by atoms with E-state index >= 15 is 0 Å². The van der Waals surface area contributed by atoms with E-state index in [9.17, 15) is 9.18 Å². The van der Waals surface area contributed by atoms with E-state index in [0.717, 1.165) is 0 Å². The van der Waals surface area contributed by atoms with E-state index in [1.54, 1.807) is 53.6 Å². The van der Waals surface area contributed by atoms with Crippen LogP contribution in [0.25, 0.3) is 0 Å². The van der Waals surface area contributed by atoms with Gasteiger partial charge in [-0.2, -0.15) is 4.98 Å². The van der Waals surface area contributed by atoms with E-state index in [4.69, 9.17) is 0 Å². The van der Waals surface area contributed by atoms with Gasteiger partial charge in [0.1, 0.15) is 11.9 Å². The lowest BCUT2D eigenvalue weighted by Crippen LogP contribution is -2.32. The molecule has 170 valence electrons. The molecule has 1 atom stereocenters. The number of nitrogens with one attached hydrogen (secondary N) is 2. The van der Waals surface area contributed by atoms with Crippen molar-refractivity contribution in [3.63, 3.8) is 0 Å². The summed E-state index contributed by atoms with van der Waals surface area (Å²) in [7, 11) is 0. The van der Waals surface area contributed by atoms with Crippen LogP contribution in [0.3, 0.4) is 0 Å². The molecule has 0 bridgehead atoms. The van der Waals surface area contributed by atoms with E-state index in [1.807, 2.05) is 25.1 Å². The second-order valence-corrected chi connectivity index (χ2v) is 8.50. The predicted molar refractivity (Wildman–Crippen MR) is 128 cm³/mol. The number of hydrogen-bond donors (Lipinski definition) is 2. The average molecular weight is 474 g/mol. The molecule has 3 aromatic heterocycles. The van der Waals surface area contributed by atoms with Gasteiger partial charge < -0.3 is 10.6 Å². The summed E-state index contributed by atoms with van der Waals surface area (Å²) >= 11 is 1.32. The first-order chi connectivity index (χ1) is 16.6. The van der Waals surface area contributed by atoms with Crippen molar-refractivity contribution >= 4 is 29.3 Å². The van der Waals surface area contributed by atoms with Crippen molar-refractivity contribution in [2.24, 2.45) is 0 Å². The third-order valence-electron chi connectivity index (χ3n) is 5.28. The molecular weight excluding hydrogens is 453 g/mol. The number of pyridine rings is 2. The van der Waals surface area contributed by atoms with E-state index in [1.165, 1.54) is 17.8 Å². The molecule has 0 unspecified atom stereocenters. The number of halogens is 1. The van der Waals surface area contributed by atoms with E-state index in [2.05, 4.69) is 30.7 Å². The molecule has 1 aliphatic heterocycles. The van der Waals surface area contributed by atoms with Gasteiger partial charge in [0.15, 0.2) is 0 Å². The molecule has 10 heteroatoms. The van der Waals surface area contributed by atoms with Crippen molar-refractivity contribution in [1.29, 1.82) is 0 Å². The van der Waals surface area contributed by atoms with Crippen LogP contribution < -0.4 is 10.6 Å². The molecule has 0 saturated carbocycles. The molecule has 0 spiro atoms. The third-order valence-corrected chi connectivity index (χ3v) is 6.17. The minimum absolute atomic E-state index is 0.268. The van der Waals surface area contributed by atoms with Crippen LogP contribution >= 0.6 is 11.8 Å². The lowest BCUT2D eigenvalue weighted by Gasteiger charge is -2.27. The van der Waals surface area contributed by atoms with Gasteiger partial charge in [-0.15, -0.1) is 5.10 Å². The number of amides is 1. The van der Waals surface area contributed by atoms with Crippen LogP contribution in [0.5, 0.6) is 0 Å². The maximum atomic E-state index is 14.0. The summed E-state index contributed by atoms with van der Waals surface area (Å²) < 4.78 is 15.7. The summed E-state index contributed by atoms with van der Waals surface area (Å²) in [6.07, 6.45) is 4.90. The van der Waals surface area contributed by atoms with E-state index in [0.29, 0.717) is 45.1 Å². The van der Waals surface area contributed by atoms with Crippen LogP contribution in [0.15, 0.2) is 89.6 Å². The maximum absolute atomic E-state index is 14.0. The third kappa shape index (κ3) is 4.40. The summed E-state index contributed by atoms with van der Waals surface area (Å²) in [4.78, 5) is 26.5. The number of nitrogens with zero attached hydrogens (tertiary/aromatic N) is 5. The van der Waals surface area contributed by atoms with Crippen molar-refractivity contribution in [3.8, 4) is 0 Å². The summed E-state index contributed by atoms with van der Waals surface area (Å²) in [6, 6.07) is 15.1. The second-order valence-electron chi connectivity index (χ2n) is 7.56. The van der Waals surface area contributed by atoms with Crippen molar-refractivity contribution in [1.82, 2.24) is 24.7 Å². The van der Waals surface area contributed by atoms with Gasteiger partial charge in [-0.25, -0.2) is 9.07 Å². The number of rotatable bonds is 6. The highest BCUT2D eigenvalue weighted by atomic mass is 32.2. The number of fused-ring (bicyclic) bond motifs is 1. The molecule has 8 nitrogen and oxygen atoms in total. The number of benzene rings is 1. The van der Waals surface area contributed by atoms with Crippen LogP contribution in [-0.4, -0.2) is 30.6 Å². The smallest absolute Gasteiger partial charge is 0.255 e. The summed E-state index contributed by atoms with van der Waals surface area (Å²) in [5, 5.41) is 11.2. The average Bonchev–Trinajstić information content (AvgIpc) is 3.26. The molecule has 5 rings (SSSR count). The molecule has 0 radical (unpaired) electrons. The number of hydrogen-bond acceptors (Lipinski definition) is 7. The van der Waals surface area contributed by atoms with Gasteiger partial charge in [-0.1, -0.05) is 36.0 Å². The Bertz CT molecular complexity index is 1360. The molecule has 1 amide bonds. The van der Waals surface area contributed by atoms with Crippen molar-refractivity contribution < 1.29 is 9.18 Å². The number of aromatic nitrogens is 5. The Balaban J connectivity index is 1.48. The Kier molecular flexibility index (Phi) is 6.05. The molecule has 4 heterocycles. The summed E-state index contributed by atoms with van der Waals surface area (Å²) in [5.74, 6) is 0.304. The van der Waals surface area contributed by atoms with Gasteiger partial charge in [0.2, 0.25) is 11.1 Å². The first-order valence-electron chi connectivity index (χ1n) is 10.5. The lowest BCUT2D eigenvalue weighted by atomic mass is 9.98. The van der Waals surface area contributed by atoms with Crippen molar-refractivity contribution in [3.05, 3.63) is 102 Å². The fraction of sp³-hybridized carbons (Fsp3) is 0.125. The van der Waals surface area contributed by atoms with Crippen LogP contribution in [0.1, 0.15) is 24.2 Å². The van der Waals surface area contributed by atoms with Crippen LogP contribution in [0.2, 0.25) is 0 Å². The Hall–Kier alpha value is -4.05. The predicted octanol–water partition coefficient (Wildman–Crippen LogP) is 4.43. The Morgan fingerprint density at radius 2 is 2.00 bits per heavy atom. The number of thioether (sulfide) groups is 1. The van der Waals surface area contributed by atoms with Gasteiger partial charge in [-0.3, -0.25) is 14.8 Å². The van der Waals surface area contributed by atoms with Crippen LogP contribution in [-0.2, 0) is 10.5 Å². The Morgan fingerprint density at radius 1 is 1.15 bits per heavy atom. The van der Waals surface area contributed by atoms with Gasteiger partial charge >= 0.3 is 0 Å². The zero-order valence-electron chi connectivity index (χ0n) is 18.1. The quantitative estimate of drug-likeness (QED) is 0.400. The fourth-order valence-electron chi connectivity index (χ4n) is 3.69. The van der Waals surface area contributed by atoms with Crippen molar-refractivity contribution in [2.75, 3.05) is 10.6 Å². The second kappa shape index (κ2) is 9.44. The normalized spacial score (nSPS) is 14.9. The highest BCUT2D eigenvalue weighted by Crippen LogP contribution is 2.36. The summed E-state index contributed by atoms with van der Waals surface area (Å²) in [5.41, 5.74) is 2.91. The zero-order valence-corrected chi connectivity index (χ0v) is 19.0. The molecular formula is C24H20FN7OS. The molecule has 34 heavy (non-hydrogen) atoms. The molecule has 0 fully saturated rings. The first kappa shape index (κ1) is 21.8. The van der Waals surface area contributed by atoms with E-state index in [-0.39, 0.29) is 11.7 Å². The molecule has 2 N–H and O–H groups in total. The van der Waals surface area contributed by atoms with Crippen LogP contribution in [0.4, 0.5) is 16.0 Å². The van der Waals surface area contributed by atoms with Gasteiger partial charge in [0, 0.05) is 23.8 Å². The lowest BCUT2D eigenvalue weighted by molar-refractivity contribution is -0.113. The molecule has 0 saturated heterocycles. The Labute approximate surface area is 199 Å². The minimum atomic E-state index is -0.593.